The summed E-state index contributed by atoms with van der Waals surface area (Å²) >= 11 is 0. The van der Waals surface area contributed by atoms with Gasteiger partial charge in [-0.25, -0.2) is 13.6 Å². The minimum atomic E-state index is -4.87. The Morgan fingerprint density at radius 2 is 1.60 bits per heavy atom. The molecule has 4 aliphatic rings. The van der Waals surface area contributed by atoms with Crippen LogP contribution in [0.25, 0.3) is 11.1 Å². The number of hydrogen-bond donors (Lipinski definition) is 4. The maximum absolute atomic E-state index is 15.8. The number of piperidine rings is 1. The number of fused-ring (bicyclic) bond motifs is 3. The summed E-state index contributed by atoms with van der Waals surface area (Å²) in [6.07, 6.45) is 0.293. The van der Waals surface area contributed by atoms with Crippen LogP contribution in [-0.4, -0.2) is 110 Å². The maximum atomic E-state index is 15.8. The Morgan fingerprint density at radius 1 is 0.886 bits per heavy atom. The summed E-state index contributed by atoms with van der Waals surface area (Å²) in [5.41, 5.74) is 0.577. The van der Waals surface area contributed by atoms with Crippen molar-refractivity contribution in [2.24, 2.45) is 0 Å². The van der Waals surface area contributed by atoms with Gasteiger partial charge in [-0.2, -0.15) is 18.3 Å². The molecular formula is C48H48F5N9O8. The minimum absolute atomic E-state index is 0.0403. The second-order valence-corrected chi connectivity index (χ2v) is 17.7. The van der Waals surface area contributed by atoms with Crippen molar-refractivity contribution >= 4 is 53.1 Å². The Kier molecular flexibility index (Phi) is 13.9. The van der Waals surface area contributed by atoms with Crippen LogP contribution >= 0.6 is 0 Å². The van der Waals surface area contributed by atoms with Gasteiger partial charge >= 0.3 is 12.2 Å². The molecule has 4 N–H and O–H groups in total. The number of alkyl halides is 4. The monoisotopic (exact) mass is 973 g/mol. The van der Waals surface area contributed by atoms with E-state index in [1.165, 1.54) is 35.1 Å². The highest BCUT2D eigenvalue weighted by atomic mass is 19.4. The predicted octanol–water partition coefficient (Wildman–Crippen LogP) is 5.41. The van der Waals surface area contributed by atoms with Crippen LogP contribution in [0.15, 0.2) is 73.1 Å². The number of imide groups is 3. The number of amides is 9. The Balaban J connectivity index is 0.771. The number of benzene rings is 3. The minimum Gasteiger partial charge on any atom is -0.385 e. The van der Waals surface area contributed by atoms with Crippen molar-refractivity contribution in [2.45, 2.75) is 101 Å². The molecule has 9 amide bonds. The van der Waals surface area contributed by atoms with Crippen LogP contribution in [-0.2, 0) is 42.6 Å². The zero-order valence-corrected chi connectivity index (χ0v) is 37.7. The van der Waals surface area contributed by atoms with Crippen molar-refractivity contribution in [2.75, 3.05) is 25.0 Å². The molecule has 0 saturated carbocycles. The van der Waals surface area contributed by atoms with Gasteiger partial charge in [-0.05, 0) is 84.8 Å². The summed E-state index contributed by atoms with van der Waals surface area (Å²) in [4.78, 5) is 105. The van der Waals surface area contributed by atoms with E-state index in [1.807, 2.05) is 0 Å². The SMILES string of the molecule is C[C@H](N(Cc1ccc(F)cc1)C(=O)CN1C(=O)N[C@]2(C[C@@H](F)c3cc(-c4cnn(CC(=O)NCCCCCCCNc5ccc6c(c5)C(=O)N(C5CCC(=O)NC5=O)C6=O)c4)ccc32)C1=O)C(F)(F)F. The molecule has 0 bridgehead atoms. The van der Waals surface area contributed by atoms with E-state index >= 15 is 4.39 Å². The van der Waals surface area contributed by atoms with Crippen molar-refractivity contribution in [1.82, 2.24) is 40.4 Å². The molecule has 4 heterocycles. The molecule has 2 saturated heterocycles. The Bertz CT molecular complexity index is 2770. The fourth-order valence-corrected chi connectivity index (χ4v) is 9.22. The third kappa shape index (κ3) is 9.97. The van der Waals surface area contributed by atoms with Crippen molar-refractivity contribution in [1.29, 1.82) is 0 Å². The predicted molar refractivity (Wildman–Crippen MR) is 238 cm³/mol. The van der Waals surface area contributed by atoms with Gasteiger partial charge in [0.1, 0.15) is 42.7 Å². The van der Waals surface area contributed by atoms with Crippen molar-refractivity contribution in [3.8, 4) is 11.1 Å². The molecule has 1 unspecified atom stereocenters. The first-order valence-corrected chi connectivity index (χ1v) is 22.8. The molecule has 1 spiro atoms. The fourth-order valence-electron chi connectivity index (χ4n) is 9.22. The molecule has 4 atom stereocenters. The zero-order chi connectivity index (χ0) is 50.1. The standard InChI is InChI=1S/C48H48F5N9O8/c1-27(48(51,52)53)60(23-28-7-10-31(49)11-8-28)41(65)26-61-45(69)47(58-46(61)70)21-37(50)35-19-29(9-14-36(35)47)30-22-56-59(24-30)25-40(64)55-18-6-4-2-3-5-17-54-32-12-13-33-34(20-32)44(68)62(43(33)67)38-15-16-39(63)57-42(38)66/h7-14,19-20,22,24,27,37-38,54H,2-6,15-18,21,23,25-26H2,1H3,(H,55,64)(H,58,70)(H,57,63,66)/t27-,37+,38?,47-/m0/s1. The zero-order valence-electron chi connectivity index (χ0n) is 37.7. The summed E-state index contributed by atoms with van der Waals surface area (Å²) < 4.78 is 72.3. The van der Waals surface area contributed by atoms with Gasteiger partial charge in [0.15, 0.2) is 0 Å². The molecule has 3 aliphatic heterocycles. The summed E-state index contributed by atoms with van der Waals surface area (Å²) in [5, 5.41) is 15.1. The summed E-state index contributed by atoms with van der Waals surface area (Å²) in [7, 11) is 0. The number of halogens is 5. The number of hydrogen-bond acceptors (Lipinski definition) is 10. The van der Waals surface area contributed by atoms with Crippen LogP contribution in [0.5, 0.6) is 0 Å². The molecule has 1 aromatic heterocycles. The number of nitrogens with zero attached hydrogens (tertiary/aromatic N) is 5. The first-order valence-electron chi connectivity index (χ1n) is 22.8. The largest absolute Gasteiger partial charge is 0.408 e. The molecule has 1 aliphatic carbocycles. The third-order valence-corrected chi connectivity index (χ3v) is 13.0. The number of nitrogens with one attached hydrogen (secondary N) is 4. The van der Waals surface area contributed by atoms with Gasteiger partial charge in [0.2, 0.25) is 23.6 Å². The summed E-state index contributed by atoms with van der Waals surface area (Å²) in [6.45, 7) is 0.0619. The smallest absolute Gasteiger partial charge is 0.385 e. The van der Waals surface area contributed by atoms with E-state index in [-0.39, 0.29) is 53.1 Å². The molecule has 2 fully saturated rings. The molecular weight excluding hydrogens is 926 g/mol. The van der Waals surface area contributed by atoms with Gasteiger partial charge in [0, 0.05) is 49.9 Å². The van der Waals surface area contributed by atoms with E-state index in [1.54, 1.807) is 30.5 Å². The van der Waals surface area contributed by atoms with Crippen LogP contribution in [0.2, 0.25) is 0 Å². The lowest BCUT2D eigenvalue weighted by atomic mass is 9.90. The number of rotatable bonds is 18. The maximum Gasteiger partial charge on any atom is 0.408 e. The van der Waals surface area contributed by atoms with E-state index in [0.717, 1.165) is 56.1 Å². The third-order valence-electron chi connectivity index (χ3n) is 13.0. The first-order chi connectivity index (χ1) is 33.3. The van der Waals surface area contributed by atoms with Crippen molar-refractivity contribution < 1.29 is 60.3 Å². The second kappa shape index (κ2) is 19.8. The van der Waals surface area contributed by atoms with Crippen molar-refractivity contribution in [3.63, 3.8) is 0 Å². The molecule has 4 aromatic rings. The number of carbonyl (C=O) groups is 8. The molecule has 8 rings (SSSR count). The average Bonchev–Trinajstić information content (AvgIpc) is 4.03. The summed E-state index contributed by atoms with van der Waals surface area (Å²) in [6, 6.07) is 9.43. The Morgan fingerprint density at radius 3 is 2.33 bits per heavy atom. The lowest BCUT2D eigenvalue weighted by Crippen LogP contribution is -2.54. The summed E-state index contributed by atoms with van der Waals surface area (Å²) in [5.74, 6) is -5.36. The molecule has 368 valence electrons. The highest BCUT2D eigenvalue weighted by Gasteiger charge is 2.59. The quantitative estimate of drug-likeness (QED) is 0.0431. The van der Waals surface area contributed by atoms with Crippen molar-refractivity contribution in [3.05, 3.63) is 107 Å². The number of urea groups is 1. The van der Waals surface area contributed by atoms with E-state index in [2.05, 4.69) is 26.4 Å². The Labute approximate surface area is 397 Å². The van der Waals surface area contributed by atoms with Gasteiger partial charge in [0.25, 0.3) is 17.7 Å². The van der Waals surface area contributed by atoms with Gasteiger partial charge in [-0.15, -0.1) is 0 Å². The van der Waals surface area contributed by atoms with Gasteiger partial charge in [-0.3, -0.25) is 53.4 Å². The second-order valence-electron chi connectivity index (χ2n) is 17.7. The van der Waals surface area contributed by atoms with Crippen LogP contribution < -0.4 is 21.3 Å². The van der Waals surface area contributed by atoms with E-state index in [0.29, 0.717) is 39.7 Å². The first kappa shape index (κ1) is 48.9. The number of carbonyl (C=O) groups excluding carboxylic acids is 8. The molecule has 3 aromatic carbocycles. The van der Waals surface area contributed by atoms with E-state index < -0.39 is 96.8 Å². The van der Waals surface area contributed by atoms with Gasteiger partial charge < -0.3 is 20.9 Å². The fraction of sp³-hybridized carbons (Fsp3) is 0.396. The highest BCUT2D eigenvalue weighted by Crippen LogP contribution is 2.49. The number of unbranched alkanes of at least 4 members (excludes halogenated alkanes) is 4. The van der Waals surface area contributed by atoms with Crippen LogP contribution in [0.4, 0.5) is 32.4 Å². The molecule has 17 nitrogen and oxygen atoms in total. The van der Waals surface area contributed by atoms with E-state index in [9.17, 15) is 55.9 Å². The normalized spacial score (nSPS) is 20.1. The van der Waals surface area contributed by atoms with Gasteiger partial charge in [0.05, 0.1) is 17.3 Å². The molecule has 70 heavy (non-hydrogen) atoms. The number of aromatic nitrogens is 2. The average molecular weight is 974 g/mol. The number of anilines is 1. The topological polar surface area (TPSA) is 212 Å². The molecule has 0 radical (unpaired) electrons. The molecule has 22 heteroatoms. The van der Waals surface area contributed by atoms with Crippen LogP contribution in [0, 0.1) is 5.82 Å². The lowest BCUT2D eigenvalue weighted by Gasteiger charge is -2.32. The highest BCUT2D eigenvalue weighted by molar-refractivity contribution is 6.23. The van der Waals surface area contributed by atoms with Gasteiger partial charge in [-0.1, -0.05) is 43.5 Å². The van der Waals surface area contributed by atoms with Crippen LogP contribution in [0.1, 0.15) is 102 Å². The van der Waals surface area contributed by atoms with Crippen LogP contribution in [0.3, 0.4) is 0 Å². The van der Waals surface area contributed by atoms with E-state index in [4.69, 9.17) is 0 Å². The lowest BCUT2D eigenvalue weighted by molar-refractivity contribution is -0.187. The Hall–Kier alpha value is -7.52.